The lowest BCUT2D eigenvalue weighted by atomic mass is 10.1. The van der Waals surface area contributed by atoms with Crippen LogP contribution in [-0.2, 0) is 0 Å². The van der Waals surface area contributed by atoms with Crippen LogP contribution in [0.4, 0.5) is 5.69 Å². The first-order chi connectivity index (χ1) is 11.3. The Morgan fingerprint density at radius 3 is 2.65 bits per heavy atom. The molecule has 0 saturated heterocycles. The van der Waals surface area contributed by atoms with Crippen LogP contribution in [0.15, 0.2) is 65.4 Å². The van der Waals surface area contributed by atoms with Crippen molar-refractivity contribution >= 4 is 11.6 Å². The number of nitrogens with zero attached hydrogens (tertiary/aromatic N) is 1. The van der Waals surface area contributed by atoms with Crippen molar-refractivity contribution in [3.63, 3.8) is 0 Å². The summed E-state index contributed by atoms with van der Waals surface area (Å²) in [6, 6.07) is 16.7. The van der Waals surface area contributed by atoms with E-state index in [-0.39, 0.29) is 5.91 Å². The van der Waals surface area contributed by atoms with E-state index in [4.69, 9.17) is 9.26 Å². The highest BCUT2D eigenvalue weighted by molar-refractivity contribution is 6.08. The van der Waals surface area contributed by atoms with E-state index < -0.39 is 0 Å². The van der Waals surface area contributed by atoms with Gasteiger partial charge in [0.15, 0.2) is 0 Å². The minimum Gasteiger partial charge on any atom is -0.492 e. The first-order valence-electron chi connectivity index (χ1n) is 7.32. The maximum atomic E-state index is 12.6. The molecule has 0 saturated carbocycles. The summed E-state index contributed by atoms with van der Waals surface area (Å²) >= 11 is 0. The second kappa shape index (κ2) is 6.79. The van der Waals surface area contributed by atoms with Crippen molar-refractivity contribution in [3.8, 4) is 17.0 Å². The predicted octanol–water partition coefficient (Wildman–Crippen LogP) is 3.99. The highest BCUT2D eigenvalue weighted by atomic mass is 16.5. The number of nitrogens with one attached hydrogen (secondary N) is 1. The molecule has 0 bridgehead atoms. The summed E-state index contributed by atoms with van der Waals surface area (Å²) in [6.07, 6.45) is 1.35. The largest absolute Gasteiger partial charge is 0.492 e. The molecule has 5 heteroatoms. The summed E-state index contributed by atoms with van der Waals surface area (Å²) in [5.41, 5.74) is 2.32. The molecule has 0 radical (unpaired) electrons. The van der Waals surface area contributed by atoms with Gasteiger partial charge in [-0.05, 0) is 19.1 Å². The van der Waals surface area contributed by atoms with Crippen LogP contribution in [0.5, 0.6) is 5.75 Å². The maximum Gasteiger partial charge on any atom is 0.261 e. The third-order valence-electron chi connectivity index (χ3n) is 3.30. The van der Waals surface area contributed by atoms with Gasteiger partial charge in [-0.15, -0.1) is 0 Å². The van der Waals surface area contributed by atoms with Crippen LogP contribution < -0.4 is 10.1 Å². The Balaban J connectivity index is 1.87. The van der Waals surface area contributed by atoms with Gasteiger partial charge in [-0.25, -0.2) is 0 Å². The predicted molar refractivity (Wildman–Crippen MR) is 87.5 cm³/mol. The Bertz CT molecular complexity index is 797. The van der Waals surface area contributed by atoms with E-state index in [9.17, 15) is 4.79 Å². The molecule has 1 N–H and O–H groups in total. The minimum absolute atomic E-state index is 0.294. The van der Waals surface area contributed by atoms with Gasteiger partial charge in [0.05, 0.1) is 12.3 Å². The third kappa shape index (κ3) is 3.23. The van der Waals surface area contributed by atoms with E-state index in [1.165, 1.54) is 6.26 Å². The monoisotopic (exact) mass is 308 g/mol. The molecule has 2 aromatic carbocycles. The molecule has 1 heterocycles. The molecule has 3 aromatic rings. The highest BCUT2D eigenvalue weighted by Crippen LogP contribution is 2.26. The molecule has 0 atom stereocenters. The lowest BCUT2D eigenvalue weighted by Gasteiger charge is -2.10. The standard InChI is InChI=1S/C18H16N2O3/c1-2-22-16-11-7-6-10-15(16)19-18(21)14-12-23-20-17(14)13-8-4-3-5-9-13/h3-12H,2H2,1H3,(H,19,21). The molecule has 0 fully saturated rings. The number of benzene rings is 2. The van der Waals surface area contributed by atoms with Gasteiger partial charge in [0.2, 0.25) is 0 Å². The first-order valence-corrected chi connectivity index (χ1v) is 7.32. The fourth-order valence-electron chi connectivity index (χ4n) is 2.24. The quantitative estimate of drug-likeness (QED) is 0.774. The number of amides is 1. The van der Waals surface area contributed by atoms with Crippen LogP contribution >= 0.6 is 0 Å². The number of aromatic nitrogens is 1. The Labute approximate surface area is 133 Å². The van der Waals surface area contributed by atoms with Crippen LogP contribution in [-0.4, -0.2) is 17.7 Å². The third-order valence-corrected chi connectivity index (χ3v) is 3.30. The van der Waals surface area contributed by atoms with Crippen molar-refractivity contribution in [2.75, 3.05) is 11.9 Å². The molecule has 0 aliphatic rings. The highest BCUT2D eigenvalue weighted by Gasteiger charge is 2.18. The summed E-state index contributed by atoms with van der Waals surface area (Å²) < 4.78 is 10.5. The van der Waals surface area contributed by atoms with E-state index in [0.717, 1.165) is 5.56 Å². The number of anilines is 1. The number of rotatable bonds is 5. The number of hydrogen-bond acceptors (Lipinski definition) is 4. The summed E-state index contributed by atoms with van der Waals surface area (Å²) in [5, 5.41) is 6.78. The van der Waals surface area contributed by atoms with Crippen molar-refractivity contribution in [2.24, 2.45) is 0 Å². The average molecular weight is 308 g/mol. The molecule has 1 amide bonds. The first kappa shape index (κ1) is 14.8. The second-order valence-corrected chi connectivity index (χ2v) is 4.83. The summed E-state index contributed by atoms with van der Waals surface area (Å²) in [4.78, 5) is 12.6. The molecule has 1 aromatic heterocycles. The summed E-state index contributed by atoms with van der Waals surface area (Å²) in [7, 11) is 0. The molecule has 0 aliphatic carbocycles. The molecular formula is C18H16N2O3. The number of carbonyl (C=O) groups is 1. The number of hydrogen-bond donors (Lipinski definition) is 1. The van der Waals surface area contributed by atoms with Gasteiger partial charge in [-0.1, -0.05) is 47.6 Å². The molecule has 116 valence electrons. The van der Waals surface area contributed by atoms with Crippen molar-refractivity contribution in [1.29, 1.82) is 0 Å². The smallest absolute Gasteiger partial charge is 0.261 e. The van der Waals surface area contributed by atoms with Gasteiger partial charge in [0.25, 0.3) is 5.91 Å². The minimum atomic E-state index is -0.294. The Kier molecular flexibility index (Phi) is 4.38. The van der Waals surface area contributed by atoms with Gasteiger partial charge in [-0.3, -0.25) is 4.79 Å². The average Bonchev–Trinajstić information content (AvgIpc) is 3.07. The van der Waals surface area contributed by atoms with Crippen molar-refractivity contribution in [2.45, 2.75) is 6.92 Å². The van der Waals surface area contributed by atoms with Crippen LogP contribution in [0.25, 0.3) is 11.3 Å². The normalized spacial score (nSPS) is 10.3. The maximum absolute atomic E-state index is 12.6. The van der Waals surface area contributed by atoms with E-state index in [1.54, 1.807) is 6.07 Å². The zero-order chi connectivity index (χ0) is 16.1. The van der Waals surface area contributed by atoms with Gasteiger partial charge in [0, 0.05) is 5.56 Å². The van der Waals surface area contributed by atoms with E-state index in [2.05, 4.69) is 10.5 Å². The van der Waals surface area contributed by atoms with Crippen molar-refractivity contribution in [1.82, 2.24) is 5.16 Å². The molecule has 0 aliphatic heterocycles. The number of ether oxygens (including phenoxy) is 1. The zero-order valence-corrected chi connectivity index (χ0v) is 12.7. The molecule has 0 spiro atoms. The van der Waals surface area contributed by atoms with Crippen molar-refractivity contribution < 1.29 is 14.1 Å². The van der Waals surface area contributed by atoms with Crippen LogP contribution in [0.3, 0.4) is 0 Å². The van der Waals surface area contributed by atoms with Gasteiger partial charge >= 0.3 is 0 Å². The van der Waals surface area contributed by atoms with E-state index >= 15 is 0 Å². The van der Waals surface area contributed by atoms with Crippen LogP contribution in [0.2, 0.25) is 0 Å². The van der Waals surface area contributed by atoms with Crippen molar-refractivity contribution in [3.05, 3.63) is 66.4 Å². The van der Waals surface area contributed by atoms with Gasteiger partial charge in [0.1, 0.15) is 23.3 Å². The molecular weight excluding hydrogens is 292 g/mol. The van der Waals surface area contributed by atoms with Gasteiger partial charge < -0.3 is 14.6 Å². The molecule has 0 unspecified atom stereocenters. The molecule has 3 rings (SSSR count). The fourth-order valence-corrected chi connectivity index (χ4v) is 2.24. The van der Waals surface area contributed by atoms with Gasteiger partial charge in [-0.2, -0.15) is 0 Å². The van der Waals surface area contributed by atoms with Crippen LogP contribution in [0, 0.1) is 0 Å². The second-order valence-electron chi connectivity index (χ2n) is 4.83. The number of carbonyl (C=O) groups excluding carboxylic acids is 1. The molecule has 23 heavy (non-hydrogen) atoms. The van der Waals surface area contributed by atoms with Crippen LogP contribution in [0.1, 0.15) is 17.3 Å². The Morgan fingerprint density at radius 2 is 1.87 bits per heavy atom. The van der Waals surface area contributed by atoms with E-state index in [0.29, 0.717) is 29.3 Å². The summed E-state index contributed by atoms with van der Waals surface area (Å²) in [5.74, 6) is 0.332. The molecule has 5 nitrogen and oxygen atoms in total. The Hall–Kier alpha value is -3.08. The zero-order valence-electron chi connectivity index (χ0n) is 12.7. The summed E-state index contributed by atoms with van der Waals surface area (Å²) in [6.45, 7) is 2.42. The van der Waals surface area contributed by atoms with E-state index in [1.807, 2.05) is 55.5 Å². The Morgan fingerprint density at radius 1 is 1.13 bits per heavy atom. The lowest BCUT2D eigenvalue weighted by molar-refractivity contribution is 0.102. The fraction of sp³-hybridized carbons (Fsp3) is 0.111. The SMILES string of the molecule is CCOc1ccccc1NC(=O)c1conc1-c1ccccc1. The lowest BCUT2D eigenvalue weighted by Crippen LogP contribution is -2.13. The number of para-hydroxylation sites is 2. The topological polar surface area (TPSA) is 64.4 Å².